The third-order valence-corrected chi connectivity index (χ3v) is 4.07. The number of aromatic nitrogens is 1. The van der Waals surface area contributed by atoms with Crippen molar-refractivity contribution in [2.45, 2.75) is 25.8 Å². The highest BCUT2D eigenvalue weighted by Gasteiger charge is 2.26. The molecule has 7 heteroatoms. The third-order valence-electron chi connectivity index (χ3n) is 2.35. The van der Waals surface area contributed by atoms with Gasteiger partial charge in [-0.3, -0.25) is 0 Å². The molecule has 1 aromatic heterocycles. The van der Waals surface area contributed by atoms with Gasteiger partial charge in [-0.15, -0.1) is 0 Å². The molecule has 1 N–H and O–H groups in total. The van der Waals surface area contributed by atoms with Crippen LogP contribution in [0.2, 0.25) is 0 Å². The fraction of sp³-hybridized carbons (Fsp3) is 0.500. The highest BCUT2D eigenvalue weighted by molar-refractivity contribution is 7.89. The van der Waals surface area contributed by atoms with Crippen LogP contribution in [0.15, 0.2) is 23.4 Å². The van der Waals surface area contributed by atoms with E-state index in [4.69, 9.17) is 5.11 Å². The molecule has 1 heterocycles. The number of carboxylic acid groups (broad SMARTS) is 1. The van der Waals surface area contributed by atoms with Gasteiger partial charge in [0, 0.05) is 19.8 Å². The number of hydrogen-bond donors (Lipinski definition) is 1. The Morgan fingerprint density at radius 1 is 1.37 bits per heavy atom. The number of aromatic carboxylic acids is 1. The van der Waals surface area contributed by atoms with E-state index in [0.717, 1.165) is 6.20 Å². The summed E-state index contributed by atoms with van der Waals surface area (Å²) in [6.07, 6.45) is 1.04. The normalized spacial score (nSPS) is 12.7. The number of carboxylic acids is 1. The van der Waals surface area contributed by atoms with Gasteiger partial charge in [0.2, 0.25) is 0 Å². The van der Waals surface area contributed by atoms with Crippen molar-refractivity contribution in [1.82, 2.24) is 9.29 Å². The lowest BCUT2D eigenvalue weighted by molar-refractivity contribution is 0.0696. The van der Waals surface area contributed by atoms with Gasteiger partial charge in [0.25, 0.3) is 10.0 Å². The summed E-state index contributed by atoms with van der Waals surface area (Å²) < 4.78 is 25.6. The molecule has 0 aliphatic carbocycles. The van der Waals surface area contributed by atoms with Crippen LogP contribution in [0.3, 0.4) is 0 Å². The molecule has 0 aliphatic rings. The maximum absolute atomic E-state index is 12.2. The second-order valence-electron chi connectivity index (χ2n) is 5.51. The molecule has 0 aliphatic heterocycles. The standard InChI is InChI=1S/C12H18N2O4S/c1-12(2,3)8-14(4)19(17,18)10-6-5-9(7-13-10)11(15)16/h5-7H,8H2,1-4H3,(H,15,16). The Morgan fingerprint density at radius 3 is 2.32 bits per heavy atom. The Bertz CT molecular complexity index is 558. The molecule has 0 amide bonds. The zero-order valence-corrected chi connectivity index (χ0v) is 12.2. The minimum absolute atomic E-state index is 0.0441. The van der Waals surface area contributed by atoms with Crippen molar-refractivity contribution in [3.8, 4) is 0 Å². The molecule has 0 bridgehead atoms. The van der Waals surface area contributed by atoms with Crippen LogP contribution in [-0.2, 0) is 10.0 Å². The highest BCUT2D eigenvalue weighted by Crippen LogP contribution is 2.19. The van der Waals surface area contributed by atoms with Gasteiger partial charge in [-0.25, -0.2) is 18.2 Å². The molecular formula is C12H18N2O4S. The van der Waals surface area contributed by atoms with Gasteiger partial charge in [0.1, 0.15) is 0 Å². The van der Waals surface area contributed by atoms with Crippen molar-refractivity contribution < 1.29 is 18.3 Å². The van der Waals surface area contributed by atoms with Gasteiger partial charge in [-0.2, -0.15) is 4.31 Å². The first-order valence-corrected chi connectivity index (χ1v) is 7.14. The molecule has 0 saturated heterocycles. The lowest BCUT2D eigenvalue weighted by atomic mass is 9.97. The summed E-state index contributed by atoms with van der Waals surface area (Å²) in [5, 5.41) is 8.59. The van der Waals surface area contributed by atoms with Crippen LogP contribution in [0.1, 0.15) is 31.1 Å². The van der Waals surface area contributed by atoms with Crippen molar-refractivity contribution in [2.75, 3.05) is 13.6 Å². The summed E-state index contributed by atoms with van der Waals surface area (Å²) >= 11 is 0. The van der Waals surface area contributed by atoms with Crippen LogP contribution in [0.4, 0.5) is 0 Å². The number of rotatable bonds is 4. The second kappa shape index (κ2) is 5.26. The molecule has 106 valence electrons. The van der Waals surface area contributed by atoms with Gasteiger partial charge >= 0.3 is 5.97 Å². The van der Waals surface area contributed by atoms with Gasteiger partial charge in [0.05, 0.1) is 5.56 Å². The van der Waals surface area contributed by atoms with Crippen LogP contribution in [0.5, 0.6) is 0 Å². The molecule has 1 rings (SSSR count). The van der Waals surface area contributed by atoms with Crippen LogP contribution in [0, 0.1) is 5.41 Å². The average molecular weight is 286 g/mol. The van der Waals surface area contributed by atoms with Gasteiger partial charge < -0.3 is 5.11 Å². The first kappa shape index (κ1) is 15.6. The first-order valence-electron chi connectivity index (χ1n) is 5.70. The van der Waals surface area contributed by atoms with Gasteiger partial charge in [-0.05, 0) is 17.5 Å². The lowest BCUT2D eigenvalue weighted by Crippen LogP contribution is -2.34. The number of pyridine rings is 1. The molecule has 1 aromatic rings. The van der Waals surface area contributed by atoms with E-state index in [1.54, 1.807) is 0 Å². The average Bonchev–Trinajstić information content (AvgIpc) is 2.26. The van der Waals surface area contributed by atoms with Crippen LogP contribution < -0.4 is 0 Å². The molecule has 0 fully saturated rings. The zero-order valence-electron chi connectivity index (χ0n) is 11.4. The van der Waals surface area contributed by atoms with Crippen LogP contribution in [-0.4, -0.2) is 42.4 Å². The molecule has 0 aromatic carbocycles. The number of sulfonamides is 1. The minimum atomic E-state index is -3.69. The zero-order chi connectivity index (χ0) is 14.8. The monoisotopic (exact) mass is 286 g/mol. The quantitative estimate of drug-likeness (QED) is 0.905. The van der Waals surface area contributed by atoms with Crippen molar-refractivity contribution in [3.05, 3.63) is 23.9 Å². The van der Waals surface area contributed by atoms with Gasteiger partial charge in [0.15, 0.2) is 5.03 Å². The maximum Gasteiger partial charge on any atom is 0.337 e. The van der Waals surface area contributed by atoms with E-state index >= 15 is 0 Å². The topological polar surface area (TPSA) is 87.6 Å². The fourth-order valence-electron chi connectivity index (χ4n) is 1.57. The number of carbonyl (C=O) groups is 1. The molecule has 6 nitrogen and oxygen atoms in total. The van der Waals surface area contributed by atoms with Crippen molar-refractivity contribution in [1.29, 1.82) is 0 Å². The predicted octanol–water partition coefficient (Wildman–Crippen LogP) is 1.45. The van der Waals surface area contributed by atoms with Crippen molar-refractivity contribution in [3.63, 3.8) is 0 Å². The Morgan fingerprint density at radius 2 is 1.95 bits per heavy atom. The van der Waals surface area contributed by atoms with E-state index in [9.17, 15) is 13.2 Å². The summed E-state index contributed by atoms with van der Waals surface area (Å²) in [5.41, 5.74) is -0.222. The SMILES string of the molecule is CN(CC(C)(C)C)S(=O)(=O)c1ccc(C(=O)O)cn1. The Balaban J connectivity index is 3.03. The summed E-state index contributed by atoms with van der Waals surface area (Å²) in [6, 6.07) is 2.44. The van der Waals surface area contributed by atoms with E-state index in [1.807, 2.05) is 20.8 Å². The fourth-order valence-corrected chi connectivity index (χ4v) is 2.87. The third kappa shape index (κ3) is 4.00. The smallest absolute Gasteiger partial charge is 0.337 e. The number of nitrogens with zero attached hydrogens (tertiary/aromatic N) is 2. The number of hydrogen-bond acceptors (Lipinski definition) is 4. The van der Waals surface area contributed by atoms with Crippen LogP contribution >= 0.6 is 0 Å². The molecular weight excluding hydrogens is 268 g/mol. The summed E-state index contributed by atoms with van der Waals surface area (Å²) in [4.78, 5) is 14.4. The largest absolute Gasteiger partial charge is 0.478 e. The van der Waals surface area contributed by atoms with E-state index in [0.29, 0.717) is 6.54 Å². The molecule has 0 atom stereocenters. The summed E-state index contributed by atoms with van der Waals surface area (Å²) in [6.45, 7) is 6.14. The Kier molecular flexibility index (Phi) is 4.32. The van der Waals surface area contributed by atoms with E-state index in [-0.39, 0.29) is 16.0 Å². The van der Waals surface area contributed by atoms with E-state index < -0.39 is 16.0 Å². The van der Waals surface area contributed by atoms with Crippen LogP contribution in [0.25, 0.3) is 0 Å². The summed E-state index contributed by atoms with van der Waals surface area (Å²) in [5.74, 6) is -1.14. The molecule has 0 radical (unpaired) electrons. The van der Waals surface area contributed by atoms with Gasteiger partial charge in [-0.1, -0.05) is 20.8 Å². The Hall–Kier alpha value is -1.47. The summed E-state index contributed by atoms with van der Waals surface area (Å²) in [7, 11) is -2.21. The molecule has 0 spiro atoms. The van der Waals surface area contributed by atoms with Crippen molar-refractivity contribution >= 4 is 16.0 Å². The molecule has 0 saturated carbocycles. The predicted molar refractivity (Wildman–Crippen MR) is 70.5 cm³/mol. The lowest BCUT2D eigenvalue weighted by Gasteiger charge is -2.25. The highest BCUT2D eigenvalue weighted by atomic mass is 32.2. The second-order valence-corrected chi connectivity index (χ2v) is 7.50. The van der Waals surface area contributed by atoms with Crippen molar-refractivity contribution in [2.24, 2.45) is 5.41 Å². The Labute approximate surface area is 113 Å². The molecule has 19 heavy (non-hydrogen) atoms. The first-order chi connectivity index (χ1) is 8.54. The maximum atomic E-state index is 12.2. The van der Waals surface area contributed by atoms with E-state index in [1.165, 1.54) is 23.5 Å². The van der Waals surface area contributed by atoms with E-state index in [2.05, 4.69) is 4.98 Å². The molecule has 0 unspecified atom stereocenters. The minimum Gasteiger partial charge on any atom is -0.478 e.